The van der Waals surface area contributed by atoms with Gasteiger partial charge in [-0.2, -0.15) is 0 Å². The number of rotatable bonds is 4. The van der Waals surface area contributed by atoms with Crippen molar-refractivity contribution >= 4 is 33.7 Å². The highest BCUT2D eigenvalue weighted by atomic mass is 32.1. The van der Waals surface area contributed by atoms with E-state index >= 15 is 0 Å². The minimum Gasteiger partial charge on any atom is -0.346 e. The highest BCUT2D eigenvalue weighted by Crippen LogP contribution is 2.26. The molecule has 5 rings (SSSR count). The zero-order chi connectivity index (χ0) is 21.2. The van der Waals surface area contributed by atoms with Crippen LogP contribution in [0.2, 0.25) is 0 Å². The van der Waals surface area contributed by atoms with E-state index < -0.39 is 0 Å². The third-order valence-electron chi connectivity index (χ3n) is 5.08. The fourth-order valence-corrected chi connectivity index (χ4v) is 4.95. The maximum absolute atomic E-state index is 13.4. The number of aromatic nitrogens is 4. The molecule has 4 aromatic rings. The smallest absolute Gasteiger partial charge is 0.293 e. The van der Waals surface area contributed by atoms with Gasteiger partial charge in [0.2, 0.25) is 5.82 Å². The SMILES string of the molecule is O=C(c1nc(-c2cccs2)n(-c2ccc(F)cc2)n1)N1CCCN(c2nccs2)CC1. The Morgan fingerprint density at radius 3 is 2.61 bits per heavy atom. The number of carbonyl (C=O) groups is 1. The maximum atomic E-state index is 13.4. The summed E-state index contributed by atoms with van der Waals surface area (Å²) in [5.74, 6) is 0.200. The molecule has 0 bridgehead atoms. The zero-order valence-corrected chi connectivity index (χ0v) is 18.2. The Hall–Kier alpha value is -3.11. The molecule has 1 fully saturated rings. The molecule has 31 heavy (non-hydrogen) atoms. The van der Waals surface area contributed by atoms with Crippen LogP contribution in [-0.4, -0.2) is 56.7 Å². The lowest BCUT2D eigenvalue weighted by atomic mass is 10.3. The highest BCUT2D eigenvalue weighted by molar-refractivity contribution is 7.13. The fraction of sp³-hybridized carbons (Fsp3) is 0.238. The van der Waals surface area contributed by atoms with Crippen LogP contribution >= 0.6 is 22.7 Å². The second-order valence-corrected chi connectivity index (χ2v) is 8.89. The summed E-state index contributed by atoms with van der Waals surface area (Å²) in [5.41, 5.74) is 0.655. The van der Waals surface area contributed by atoms with Crippen molar-refractivity contribution < 1.29 is 9.18 Å². The molecule has 1 amide bonds. The van der Waals surface area contributed by atoms with Crippen molar-refractivity contribution in [3.05, 3.63) is 65.0 Å². The first-order valence-electron chi connectivity index (χ1n) is 9.89. The van der Waals surface area contributed by atoms with Crippen molar-refractivity contribution in [2.24, 2.45) is 0 Å². The molecule has 1 aromatic carbocycles. The summed E-state index contributed by atoms with van der Waals surface area (Å²) in [6.45, 7) is 2.79. The first kappa shape index (κ1) is 19.8. The minimum absolute atomic E-state index is 0.149. The van der Waals surface area contributed by atoms with E-state index in [0.29, 0.717) is 24.6 Å². The van der Waals surface area contributed by atoms with Gasteiger partial charge in [0.1, 0.15) is 5.82 Å². The van der Waals surface area contributed by atoms with E-state index in [1.807, 2.05) is 22.9 Å². The molecule has 0 saturated carbocycles. The van der Waals surface area contributed by atoms with E-state index in [1.54, 1.807) is 39.2 Å². The lowest BCUT2D eigenvalue weighted by Gasteiger charge is -2.20. The Morgan fingerprint density at radius 2 is 1.87 bits per heavy atom. The molecular formula is C21H19FN6OS2. The van der Waals surface area contributed by atoms with Crippen LogP contribution in [0.15, 0.2) is 53.4 Å². The van der Waals surface area contributed by atoms with Gasteiger partial charge in [-0.25, -0.2) is 19.0 Å². The molecule has 1 aliphatic rings. The predicted octanol–water partition coefficient (Wildman–Crippen LogP) is 3.94. The number of nitrogens with zero attached hydrogens (tertiary/aromatic N) is 6. The van der Waals surface area contributed by atoms with Crippen molar-refractivity contribution in [3.63, 3.8) is 0 Å². The van der Waals surface area contributed by atoms with E-state index in [0.717, 1.165) is 29.5 Å². The van der Waals surface area contributed by atoms with Gasteiger partial charge in [-0.3, -0.25) is 4.79 Å². The Kier molecular flexibility index (Phi) is 5.47. The zero-order valence-electron chi connectivity index (χ0n) is 16.5. The number of halogens is 1. The summed E-state index contributed by atoms with van der Waals surface area (Å²) >= 11 is 3.12. The van der Waals surface area contributed by atoms with Gasteiger partial charge in [-0.15, -0.1) is 27.8 Å². The molecule has 10 heteroatoms. The van der Waals surface area contributed by atoms with E-state index in [4.69, 9.17) is 0 Å². The van der Waals surface area contributed by atoms with Crippen molar-refractivity contribution in [3.8, 4) is 16.4 Å². The number of hydrogen-bond acceptors (Lipinski definition) is 7. The fourth-order valence-electron chi connectivity index (χ4n) is 3.56. The van der Waals surface area contributed by atoms with E-state index in [9.17, 15) is 9.18 Å². The van der Waals surface area contributed by atoms with Crippen LogP contribution in [0.3, 0.4) is 0 Å². The second-order valence-electron chi connectivity index (χ2n) is 7.07. The molecular weight excluding hydrogens is 435 g/mol. The summed E-state index contributed by atoms with van der Waals surface area (Å²) < 4.78 is 15.0. The number of carbonyl (C=O) groups excluding carboxylic acids is 1. The topological polar surface area (TPSA) is 67.2 Å². The number of thiophene rings is 1. The molecule has 7 nitrogen and oxygen atoms in total. The van der Waals surface area contributed by atoms with Gasteiger partial charge in [-0.1, -0.05) is 6.07 Å². The summed E-state index contributed by atoms with van der Waals surface area (Å²) in [4.78, 5) is 27.1. The van der Waals surface area contributed by atoms with Gasteiger partial charge >= 0.3 is 0 Å². The van der Waals surface area contributed by atoms with Gasteiger partial charge in [-0.05, 0) is 42.1 Å². The minimum atomic E-state index is -0.327. The molecule has 0 N–H and O–H groups in total. The van der Waals surface area contributed by atoms with E-state index in [-0.39, 0.29) is 17.5 Å². The normalized spacial score (nSPS) is 14.6. The van der Waals surface area contributed by atoms with Gasteiger partial charge in [0.25, 0.3) is 5.91 Å². The van der Waals surface area contributed by atoms with E-state index in [1.165, 1.54) is 23.5 Å². The summed E-state index contributed by atoms with van der Waals surface area (Å²) in [5, 5.41) is 9.40. The van der Waals surface area contributed by atoms with Crippen LogP contribution < -0.4 is 4.90 Å². The molecule has 4 heterocycles. The Bertz CT molecular complexity index is 1160. The molecule has 0 unspecified atom stereocenters. The highest BCUT2D eigenvalue weighted by Gasteiger charge is 2.26. The third kappa shape index (κ3) is 4.08. The van der Waals surface area contributed by atoms with Crippen LogP contribution in [0, 0.1) is 5.82 Å². The third-order valence-corrected chi connectivity index (χ3v) is 6.78. The first-order valence-corrected chi connectivity index (χ1v) is 11.7. The van der Waals surface area contributed by atoms with Gasteiger partial charge < -0.3 is 9.80 Å². The summed E-state index contributed by atoms with van der Waals surface area (Å²) in [6.07, 6.45) is 2.65. The Labute approximate surface area is 186 Å². The molecule has 1 aliphatic heterocycles. The molecule has 0 atom stereocenters. The van der Waals surface area contributed by atoms with Crippen LogP contribution in [0.1, 0.15) is 17.0 Å². The molecule has 0 aliphatic carbocycles. The number of hydrogen-bond donors (Lipinski definition) is 0. The second kappa shape index (κ2) is 8.56. The standard InChI is InChI=1S/C21H19FN6OS2/c22-15-4-6-16(7-5-15)28-19(17-3-1-13-30-17)24-18(25-28)20(29)26-9-2-10-27(12-11-26)21-23-8-14-31-21/h1,3-8,13-14H,2,9-12H2. The molecule has 0 radical (unpaired) electrons. The predicted molar refractivity (Wildman–Crippen MR) is 119 cm³/mol. The summed E-state index contributed by atoms with van der Waals surface area (Å²) in [7, 11) is 0. The van der Waals surface area contributed by atoms with Crippen molar-refractivity contribution in [2.45, 2.75) is 6.42 Å². The monoisotopic (exact) mass is 454 g/mol. The van der Waals surface area contributed by atoms with Crippen LogP contribution in [0.4, 0.5) is 9.52 Å². The van der Waals surface area contributed by atoms with Gasteiger partial charge in [0.15, 0.2) is 11.0 Å². The first-order chi connectivity index (χ1) is 15.2. The Balaban J connectivity index is 1.42. The van der Waals surface area contributed by atoms with Crippen LogP contribution in [0.25, 0.3) is 16.4 Å². The lowest BCUT2D eigenvalue weighted by molar-refractivity contribution is 0.0755. The van der Waals surface area contributed by atoms with Crippen LogP contribution in [0.5, 0.6) is 0 Å². The number of thiazole rings is 1. The lowest BCUT2D eigenvalue weighted by Crippen LogP contribution is -2.35. The molecule has 158 valence electrons. The summed E-state index contributed by atoms with van der Waals surface area (Å²) in [6, 6.07) is 9.87. The number of benzene rings is 1. The van der Waals surface area contributed by atoms with Gasteiger partial charge in [0.05, 0.1) is 10.6 Å². The number of amides is 1. The molecule has 3 aromatic heterocycles. The Morgan fingerprint density at radius 1 is 1.00 bits per heavy atom. The quantitative estimate of drug-likeness (QED) is 0.467. The van der Waals surface area contributed by atoms with Crippen LogP contribution in [-0.2, 0) is 0 Å². The van der Waals surface area contributed by atoms with E-state index in [2.05, 4.69) is 20.0 Å². The average Bonchev–Trinajstić information content (AvgIpc) is 3.53. The maximum Gasteiger partial charge on any atom is 0.293 e. The van der Waals surface area contributed by atoms with Crippen molar-refractivity contribution in [1.29, 1.82) is 0 Å². The largest absolute Gasteiger partial charge is 0.346 e. The average molecular weight is 455 g/mol. The van der Waals surface area contributed by atoms with Crippen molar-refractivity contribution in [2.75, 3.05) is 31.1 Å². The molecule has 0 spiro atoms. The van der Waals surface area contributed by atoms with Crippen molar-refractivity contribution in [1.82, 2.24) is 24.6 Å². The number of anilines is 1. The molecule has 1 saturated heterocycles. The van der Waals surface area contributed by atoms with Gasteiger partial charge in [0, 0.05) is 37.8 Å².